The number of hydrogen-bond donors (Lipinski definition) is 4. The molecule has 9 nitrogen and oxygen atoms in total. The number of ether oxygens (including phenoxy) is 1. The maximum atomic E-state index is 11.4. The summed E-state index contributed by atoms with van der Waals surface area (Å²) in [7, 11) is 0. The number of aromatic nitrogens is 1. The average molecular weight is 401 g/mol. The Morgan fingerprint density at radius 1 is 1.27 bits per heavy atom. The maximum absolute atomic E-state index is 11.4. The topological polar surface area (TPSA) is 144 Å². The number of amides is 2. The van der Waals surface area contributed by atoms with Crippen molar-refractivity contribution in [3.8, 4) is 10.4 Å². The summed E-state index contributed by atoms with van der Waals surface area (Å²) in [5, 5.41) is 12.0. The van der Waals surface area contributed by atoms with E-state index in [0.29, 0.717) is 16.9 Å². The first-order chi connectivity index (χ1) is 11.9. The molecule has 0 saturated carbocycles. The number of nitrogens with one attached hydrogen (secondary N) is 2. The van der Waals surface area contributed by atoms with Crippen LogP contribution in [0.2, 0.25) is 0 Å². The second-order valence-corrected chi connectivity index (χ2v) is 5.91. The molecule has 1 aromatic carbocycles. The van der Waals surface area contributed by atoms with Crippen LogP contribution < -0.4 is 16.6 Å². The number of nitrogens with two attached hydrogens (primary N) is 1. The van der Waals surface area contributed by atoms with Crippen LogP contribution in [0.3, 0.4) is 0 Å². The van der Waals surface area contributed by atoms with Crippen LogP contribution in [0.1, 0.15) is 23.0 Å². The van der Waals surface area contributed by atoms with Gasteiger partial charge in [0.05, 0.1) is 11.5 Å². The first-order valence-electron chi connectivity index (χ1n) is 7.15. The number of anilines is 1. The van der Waals surface area contributed by atoms with Crippen LogP contribution in [-0.2, 0) is 16.0 Å². The Balaban J connectivity index is 0.00000338. The molecule has 2 rings (SSSR count). The number of hydrogen-bond acceptors (Lipinski definition) is 7. The van der Waals surface area contributed by atoms with Crippen LogP contribution in [0, 0.1) is 0 Å². The van der Waals surface area contributed by atoms with Crippen LogP contribution in [0.15, 0.2) is 24.3 Å². The number of nitrogens with zero attached hydrogens (tertiary/aromatic N) is 1. The molecule has 0 aliphatic rings. The van der Waals surface area contributed by atoms with Gasteiger partial charge in [-0.1, -0.05) is 35.6 Å². The third-order valence-corrected chi connectivity index (χ3v) is 4.09. The molecule has 0 unspecified atom stereocenters. The summed E-state index contributed by atoms with van der Waals surface area (Å²) in [6.07, 6.45) is -0.225. The highest BCUT2D eigenvalue weighted by Crippen LogP contribution is 2.33. The van der Waals surface area contributed by atoms with Gasteiger partial charge >= 0.3 is 12.1 Å². The summed E-state index contributed by atoms with van der Waals surface area (Å²) in [6.45, 7) is 1.49. The first kappa shape index (κ1) is 21.4. The van der Waals surface area contributed by atoms with Gasteiger partial charge in [0.25, 0.3) is 0 Å². The second-order valence-electron chi connectivity index (χ2n) is 4.91. The lowest BCUT2D eigenvalue weighted by atomic mass is 10.1. The Morgan fingerprint density at radius 2 is 1.92 bits per heavy atom. The lowest BCUT2D eigenvalue weighted by Gasteiger charge is -2.05. The van der Waals surface area contributed by atoms with Crippen molar-refractivity contribution in [3.63, 3.8) is 0 Å². The molecule has 26 heavy (non-hydrogen) atoms. The molecule has 5 N–H and O–H groups in total. The molecule has 0 aliphatic carbocycles. The van der Waals surface area contributed by atoms with Gasteiger partial charge in [-0.05, 0) is 11.1 Å². The van der Waals surface area contributed by atoms with Crippen molar-refractivity contribution in [3.05, 3.63) is 35.5 Å². The number of carbonyl (C=O) groups is 3. The molecule has 0 atom stereocenters. The van der Waals surface area contributed by atoms with Crippen molar-refractivity contribution >= 4 is 46.8 Å². The summed E-state index contributed by atoms with van der Waals surface area (Å²) in [5.74, 6) is 3.41. The van der Waals surface area contributed by atoms with E-state index >= 15 is 0 Å². The number of carboxylic acid groups (broad SMARTS) is 1. The number of thiazole rings is 1. The van der Waals surface area contributed by atoms with Crippen molar-refractivity contribution < 1.29 is 24.2 Å². The standard InChI is InChI=1S/C15H16N4O5S.ClH/c1-8(20)17-14-18-11(13(21)22)12(25-14)10-4-2-9(3-5-10)6-7-24-15(23)19-16;/h2-5H,6-7,16H2,1H3,(H,19,23)(H,21,22)(H,17,18,20);1H. The molecule has 140 valence electrons. The first-order valence-corrected chi connectivity index (χ1v) is 7.96. The zero-order valence-corrected chi connectivity index (χ0v) is 15.3. The highest BCUT2D eigenvalue weighted by atomic mass is 35.5. The van der Waals surface area contributed by atoms with Crippen molar-refractivity contribution in [1.29, 1.82) is 0 Å². The van der Waals surface area contributed by atoms with Gasteiger partial charge in [0.2, 0.25) is 5.91 Å². The predicted octanol–water partition coefficient (Wildman–Crippen LogP) is 2.03. The zero-order chi connectivity index (χ0) is 18.4. The van der Waals surface area contributed by atoms with Crippen LogP contribution in [0.4, 0.5) is 9.93 Å². The molecule has 0 aliphatic heterocycles. The van der Waals surface area contributed by atoms with E-state index in [1.165, 1.54) is 6.92 Å². The van der Waals surface area contributed by atoms with E-state index in [9.17, 15) is 19.5 Å². The number of carboxylic acids is 1. The van der Waals surface area contributed by atoms with E-state index in [1.807, 2.05) is 5.43 Å². The average Bonchev–Trinajstić information content (AvgIpc) is 2.98. The fourth-order valence-corrected chi connectivity index (χ4v) is 3.00. The van der Waals surface area contributed by atoms with Crippen LogP contribution >= 0.6 is 23.7 Å². The molecule has 0 spiro atoms. The quantitative estimate of drug-likeness (QED) is 0.330. The van der Waals surface area contributed by atoms with Gasteiger partial charge < -0.3 is 15.2 Å². The van der Waals surface area contributed by atoms with E-state index < -0.39 is 12.1 Å². The van der Waals surface area contributed by atoms with Gasteiger partial charge in [-0.3, -0.25) is 10.2 Å². The van der Waals surface area contributed by atoms with E-state index in [2.05, 4.69) is 10.3 Å². The maximum Gasteiger partial charge on any atom is 0.421 e. The van der Waals surface area contributed by atoms with Gasteiger partial charge in [0, 0.05) is 13.3 Å². The summed E-state index contributed by atoms with van der Waals surface area (Å²) < 4.78 is 4.80. The minimum absolute atomic E-state index is 0. The lowest BCUT2D eigenvalue weighted by molar-refractivity contribution is -0.114. The molecule has 2 amide bonds. The Hall–Kier alpha value is -2.69. The fraction of sp³-hybridized carbons (Fsp3) is 0.200. The Bertz CT molecular complexity index is 794. The van der Waals surface area contributed by atoms with E-state index in [1.54, 1.807) is 24.3 Å². The van der Waals surface area contributed by atoms with Crippen molar-refractivity contribution in [2.45, 2.75) is 13.3 Å². The van der Waals surface area contributed by atoms with Crippen molar-refractivity contribution in [2.75, 3.05) is 11.9 Å². The predicted molar refractivity (Wildman–Crippen MR) is 98.4 cm³/mol. The molecular formula is C15H17ClN4O5S. The summed E-state index contributed by atoms with van der Waals surface area (Å²) in [4.78, 5) is 37.7. The highest BCUT2D eigenvalue weighted by molar-refractivity contribution is 7.19. The molecule has 0 bridgehead atoms. The highest BCUT2D eigenvalue weighted by Gasteiger charge is 2.19. The number of aromatic carboxylic acids is 1. The van der Waals surface area contributed by atoms with Gasteiger partial charge in [0.1, 0.15) is 0 Å². The third kappa shape index (κ3) is 5.69. The second kappa shape index (κ2) is 9.70. The molecular weight excluding hydrogens is 384 g/mol. The summed E-state index contributed by atoms with van der Waals surface area (Å²) in [6, 6.07) is 7.08. The van der Waals surface area contributed by atoms with Gasteiger partial charge in [-0.15, -0.1) is 12.4 Å². The lowest BCUT2D eigenvalue weighted by Crippen LogP contribution is -2.31. The molecule has 2 aromatic rings. The monoisotopic (exact) mass is 400 g/mol. The third-order valence-electron chi connectivity index (χ3n) is 3.07. The minimum Gasteiger partial charge on any atom is -0.476 e. The van der Waals surface area contributed by atoms with Crippen molar-refractivity contribution in [2.24, 2.45) is 5.84 Å². The summed E-state index contributed by atoms with van der Waals surface area (Å²) >= 11 is 1.08. The van der Waals surface area contributed by atoms with Crippen LogP contribution in [0.5, 0.6) is 0 Å². The number of carbonyl (C=O) groups excluding carboxylic acids is 2. The van der Waals surface area contributed by atoms with Crippen molar-refractivity contribution in [1.82, 2.24) is 10.4 Å². The van der Waals surface area contributed by atoms with Crippen LogP contribution in [-0.4, -0.2) is 34.7 Å². The van der Waals surface area contributed by atoms with Crippen LogP contribution in [0.25, 0.3) is 10.4 Å². The van der Waals surface area contributed by atoms with Gasteiger partial charge in [0.15, 0.2) is 10.8 Å². The Morgan fingerprint density at radius 3 is 2.46 bits per heavy atom. The fourth-order valence-electron chi connectivity index (χ4n) is 1.99. The van der Waals surface area contributed by atoms with E-state index in [0.717, 1.165) is 16.9 Å². The summed E-state index contributed by atoms with van der Waals surface area (Å²) in [5.41, 5.74) is 3.30. The molecule has 0 saturated heterocycles. The van der Waals surface area contributed by atoms with Gasteiger partial charge in [-0.2, -0.15) is 0 Å². The number of rotatable bonds is 6. The number of halogens is 1. The normalized spacial score (nSPS) is 9.77. The zero-order valence-electron chi connectivity index (χ0n) is 13.6. The van der Waals surface area contributed by atoms with E-state index in [4.69, 9.17) is 10.6 Å². The van der Waals surface area contributed by atoms with Gasteiger partial charge in [-0.25, -0.2) is 20.4 Å². The Kier molecular flexibility index (Phi) is 7.97. The Labute approximate surface area is 158 Å². The molecule has 0 fully saturated rings. The molecule has 1 aromatic heterocycles. The largest absolute Gasteiger partial charge is 0.476 e. The number of hydrazine groups is 1. The smallest absolute Gasteiger partial charge is 0.421 e. The number of benzene rings is 1. The van der Waals surface area contributed by atoms with E-state index in [-0.39, 0.29) is 35.7 Å². The molecule has 11 heteroatoms. The minimum atomic E-state index is -1.17. The SMILES string of the molecule is CC(=O)Nc1nc(C(=O)O)c(-c2ccc(CCOC(=O)NN)cc2)s1.Cl. The molecule has 0 radical (unpaired) electrons. The molecule has 1 heterocycles.